The fourth-order valence-electron chi connectivity index (χ4n) is 2.22. The number of hydrogen-bond acceptors (Lipinski definition) is 3. The molecule has 0 aliphatic carbocycles. The van der Waals surface area contributed by atoms with E-state index in [1.165, 1.54) is 11.3 Å². The van der Waals surface area contributed by atoms with E-state index in [2.05, 4.69) is 37.4 Å². The molecule has 0 spiro atoms. The maximum Gasteiger partial charge on any atom is 0.0694 e. The topological polar surface area (TPSA) is 50.1 Å². The average molecular weight is 253 g/mol. The van der Waals surface area contributed by atoms with Crippen molar-refractivity contribution < 1.29 is 5.11 Å². The van der Waals surface area contributed by atoms with Gasteiger partial charge in [-0.25, -0.2) is 0 Å². The van der Waals surface area contributed by atoms with Gasteiger partial charge in [0.15, 0.2) is 0 Å². The summed E-state index contributed by atoms with van der Waals surface area (Å²) in [6.45, 7) is 8.63. The Bertz CT molecular complexity index is 347. The largest absolute Gasteiger partial charge is 0.396 e. The Balaban J connectivity index is 2.48. The first-order valence-corrected chi connectivity index (χ1v) is 6.92. The Labute approximate surface area is 110 Å². The van der Waals surface area contributed by atoms with Gasteiger partial charge in [0.1, 0.15) is 0 Å². The van der Waals surface area contributed by atoms with Gasteiger partial charge in [0, 0.05) is 32.0 Å². The Morgan fingerprint density at radius 1 is 1.44 bits per heavy atom. The summed E-state index contributed by atoms with van der Waals surface area (Å²) in [5.74, 6) is 1.02. The van der Waals surface area contributed by atoms with Gasteiger partial charge < -0.3 is 10.4 Å². The first-order chi connectivity index (χ1) is 8.58. The van der Waals surface area contributed by atoms with E-state index >= 15 is 0 Å². The zero-order valence-electron chi connectivity index (χ0n) is 12.1. The molecule has 1 aromatic rings. The lowest BCUT2D eigenvalue weighted by molar-refractivity contribution is 0.251. The number of aliphatic hydroxyl groups excluding tert-OH is 1. The predicted octanol–water partition coefficient (Wildman–Crippen LogP) is 2.04. The second kappa shape index (κ2) is 7.54. The van der Waals surface area contributed by atoms with E-state index in [1.54, 1.807) is 0 Å². The highest BCUT2D eigenvalue weighted by atomic mass is 16.3. The number of nitrogens with one attached hydrogen (secondary N) is 1. The molecule has 4 nitrogen and oxygen atoms in total. The second-order valence-corrected chi connectivity index (χ2v) is 5.29. The molecule has 0 radical (unpaired) electrons. The van der Waals surface area contributed by atoms with E-state index in [4.69, 9.17) is 5.11 Å². The van der Waals surface area contributed by atoms with Crippen LogP contribution in [0.3, 0.4) is 0 Å². The smallest absolute Gasteiger partial charge is 0.0694 e. The molecule has 4 heteroatoms. The molecule has 0 fully saturated rings. The summed E-state index contributed by atoms with van der Waals surface area (Å²) in [6, 6.07) is 0. The Morgan fingerprint density at radius 2 is 2.17 bits per heavy atom. The number of aliphatic hydroxyl groups is 1. The van der Waals surface area contributed by atoms with E-state index < -0.39 is 0 Å². The third-order valence-corrected chi connectivity index (χ3v) is 3.35. The molecule has 1 atom stereocenters. The number of nitrogens with zero attached hydrogens (tertiary/aromatic N) is 2. The van der Waals surface area contributed by atoms with Crippen molar-refractivity contribution in [2.45, 2.75) is 46.1 Å². The Morgan fingerprint density at radius 3 is 2.72 bits per heavy atom. The van der Waals surface area contributed by atoms with Crippen LogP contribution in [-0.2, 0) is 13.6 Å². The minimum Gasteiger partial charge on any atom is -0.396 e. The van der Waals surface area contributed by atoms with Crippen LogP contribution in [0.5, 0.6) is 0 Å². The van der Waals surface area contributed by atoms with Crippen molar-refractivity contribution in [1.29, 1.82) is 0 Å². The van der Waals surface area contributed by atoms with Gasteiger partial charge in [0.05, 0.1) is 5.69 Å². The summed E-state index contributed by atoms with van der Waals surface area (Å²) in [6.07, 6.45) is 4.08. The third-order valence-electron chi connectivity index (χ3n) is 3.35. The lowest BCUT2D eigenvalue weighted by Crippen LogP contribution is -2.23. The summed E-state index contributed by atoms with van der Waals surface area (Å²) in [5, 5.41) is 16.9. The maximum absolute atomic E-state index is 8.96. The summed E-state index contributed by atoms with van der Waals surface area (Å²) < 4.78 is 1.89. The Kier molecular flexibility index (Phi) is 6.36. The normalized spacial score (nSPS) is 13.2. The van der Waals surface area contributed by atoms with E-state index in [1.807, 2.05) is 11.7 Å². The number of hydrogen-bond donors (Lipinski definition) is 2. The fourth-order valence-corrected chi connectivity index (χ4v) is 2.22. The molecule has 1 aromatic heterocycles. The molecule has 104 valence electrons. The van der Waals surface area contributed by atoms with E-state index in [-0.39, 0.29) is 6.61 Å². The predicted molar refractivity (Wildman–Crippen MR) is 74.5 cm³/mol. The van der Waals surface area contributed by atoms with E-state index in [0.29, 0.717) is 11.8 Å². The van der Waals surface area contributed by atoms with Crippen molar-refractivity contribution in [3.63, 3.8) is 0 Å². The van der Waals surface area contributed by atoms with Crippen LogP contribution in [0, 0.1) is 5.92 Å². The quantitative estimate of drug-likeness (QED) is 0.745. The van der Waals surface area contributed by atoms with Gasteiger partial charge >= 0.3 is 0 Å². The lowest BCUT2D eigenvalue weighted by atomic mass is 10.0. The standard InChI is InChI=1S/C14H27N3O/c1-5-12(6-7-18)8-15-9-13-10-17(4)16-14(13)11(2)3/h10-12,15,18H,5-9H2,1-4H3. The molecule has 1 rings (SSSR count). The molecule has 2 N–H and O–H groups in total. The molecule has 0 aromatic carbocycles. The molecule has 1 heterocycles. The minimum atomic E-state index is 0.282. The van der Waals surface area contributed by atoms with E-state index in [0.717, 1.165) is 25.9 Å². The summed E-state index contributed by atoms with van der Waals surface area (Å²) in [5.41, 5.74) is 2.46. The van der Waals surface area contributed by atoms with Gasteiger partial charge in [0.25, 0.3) is 0 Å². The maximum atomic E-state index is 8.96. The van der Waals surface area contributed by atoms with Crippen molar-refractivity contribution in [3.8, 4) is 0 Å². The first-order valence-electron chi connectivity index (χ1n) is 6.92. The zero-order chi connectivity index (χ0) is 13.5. The Hall–Kier alpha value is -0.870. The highest BCUT2D eigenvalue weighted by Gasteiger charge is 2.11. The average Bonchev–Trinajstić information content (AvgIpc) is 2.69. The molecule has 0 bridgehead atoms. The third kappa shape index (κ3) is 4.42. The van der Waals surface area contributed by atoms with Gasteiger partial charge in [0.2, 0.25) is 0 Å². The highest BCUT2D eigenvalue weighted by molar-refractivity contribution is 5.19. The van der Waals surface area contributed by atoms with Gasteiger partial charge in [-0.05, 0) is 24.8 Å². The van der Waals surface area contributed by atoms with Crippen molar-refractivity contribution in [1.82, 2.24) is 15.1 Å². The summed E-state index contributed by atoms with van der Waals surface area (Å²) in [7, 11) is 1.97. The lowest BCUT2D eigenvalue weighted by Gasteiger charge is -2.14. The molecular weight excluding hydrogens is 226 g/mol. The monoisotopic (exact) mass is 253 g/mol. The number of aromatic nitrogens is 2. The van der Waals surface area contributed by atoms with Crippen molar-refractivity contribution in [2.75, 3.05) is 13.2 Å². The fraction of sp³-hybridized carbons (Fsp3) is 0.786. The number of aryl methyl sites for hydroxylation is 1. The summed E-state index contributed by atoms with van der Waals surface area (Å²) in [4.78, 5) is 0. The molecule has 0 saturated heterocycles. The van der Waals surface area contributed by atoms with Crippen LogP contribution >= 0.6 is 0 Å². The molecule has 0 aliphatic rings. The van der Waals surface area contributed by atoms with Crippen LogP contribution in [-0.4, -0.2) is 28.0 Å². The number of rotatable bonds is 8. The van der Waals surface area contributed by atoms with Crippen molar-refractivity contribution in [2.24, 2.45) is 13.0 Å². The van der Waals surface area contributed by atoms with Crippen molar-refractivity contribution >= 4 is 0 Å². The molecule has 0 saturated carbocycles. The first kappa shape index (κ1) is 15.2. The van der Waals surface area contributed by atoms with Gasteiger partial charge in [-0.2, -0.15) is 5.10 Å². The van der Waals surface area contributed by atoms with Crippen LogP contribution in [0.25, 0.3) is 0 Å². The molecular formula is C14H27N3O. The minimum absolute atomic E-state index is 0.282. The molecule has 1 unspecified atom stereocenters. The molecule has 0 aliphatic heterocycles. The van der Waals surface area contributed by atoms with Crippen LogP contribution in [0.2, 0.25) is 0 Å². The van der Waals surface area contributed by atoms with Crippen LogP contribution in [0.4, 0.5) is 0 Å². The van der Waals surface area contributed by atoms with Crippen molar-refractivity contribution in [3.05, 3.63) is 17.5 Å². The zero-order valence-corrected chi connectivity index (χ0v) is 12.1. The molecule has 0 amide bonds. The van der Waals surface area contributed by atoms with Gasteiger partial charge in [-0.15, -0.1) is 0 Å². The van der Waals surface area contributed by atoms with Gasteiger partial charge in [-0.1, -0.05) is 27.2 Å². The highest BCUT2D eigenvalue weighted by Crippen LogP contribution is 2.17. The van der Waals surface area contributed by atoms with Gasteiger partial charge in [-0.3, -0.25) is 4.68 Å². The van der Waals surface area contributed by atoms with E-state index in [9.17, 15) is 0 Å². The molecule has 18 heavy (non-hydrogen) atoms. The second-order valence-electron chi connectivity index (χ2n) is 5.29. The van der Waals surface area contributed by atoms with Crippen LogP contribution in [0.15, 0.2) is 6.20 Å². The summed E-state index contributed by atoms with van der Waals surface area (Å²) >= 11 is 0. The van der Waals surface area contributed by atoms with Crippen LogP contribution in [0.1, 0.15) is 50.8 Å². The van der Waals surface area contributed by atoms with Crippen LogP contribution < -0.4 is 5.32 Å². The SMILES string of the molecule is CCC(CCO)CNCc1cn(C)nc1C(C)C.